The van der Waals surface area contributed by atoms with E-state index < -0.39 is 29.7 Å². The Kier molecular flexibility index (Phi) is 5.90. The lowest BCUT2D eigenvalue weighted by molar-refractivity contribution is -0.139. The minimum absolute atomic E-state index is 0.0971. The molecule has 8 heteroatoms. The zero-order valence-electron chi connectivity index (χ0n) is 10.5. The van der Waals surface area contributed by atoms with Crippen LogP contribution in [0.15, 0.2) is 29.2 Å². The van der Waals surface area contributed by atoms with E-state index in [1.807, 2.05) is 0 Å². The average Bonchev–Trinajstić information content (AvgIpc) is 2.37. The van der Waals surface area contributed by atoms with Gasteiger partial charge in [0.2, 0.25) is 5.91 Å². The van der Waals surface area contributed by atoms with Crippen molar-refractivity contribution in [2.75, 3.05) is 0 Å². The van der Waals surface area contributed by atoms with E-state index in [-0.39, 0.29) is 10.5 Å². The lowest BCUT2D eigenvalue weighted by Crippen LogP contribution is -2.45. The lowest BCUT2D eigenvalue weighted by Gasteiger charge is -2.17. The highest BCUT2D eigenvalue weighted by Gasteiger charge is 2.25. The summed E-state index contributed by atoms with van der Waals surface area (Å²) < 4.78 is 25.6. The van der Waals surface area contributed by atoms with Crippen LogP contribution in [0.2, 0.25) is 0 Å². The number of nitrogens with one attached hydrogen (secondary N) is 1. The molecule has 0 heterocycles. The van der Waals surface area contributed by atoms with Gasteiger partial charge in [-0.3, -0.25) is 4.79 Å². The van der Waals surface area contributed by atoms with Crippen molar-refractivity contribution in [3.63, 3.8) is 0 Å². The summed E-state index contributed by atoms with van der Waals surface area (Å²) in [5.41, 5.74) is 5.04. The van der Waals surface area contributed by atoms with Crippen molar-refractivity contribution in [2.45, 2.75) is 29.7 Å². The highest BCUT2D eigenvalue weighted by atomic mass is 32.2. The first-order valence-electron chi connectivity index (χ1n) is 5.65. The van der Waals surface area contributed by atoms with Crippen LogP contribution in [0, 0.1) is 0 Å². The second-order valence-electron chi connectivity index (χ2n) is 3.97. The standard InChI is InChI=1S/C12H14F2N2O3S/c1-6(15)10(17)16-11(12(18)19)20-8-5-3-2-4-7(8)9(13)14/h2-6,9,11H,15H2,1H3,(H,16,17)(H,18,19)/t6-,11-/m1/s1. The predicted molar refractivity (Wildman–Crippen MR) is 70.5 cm³/mol. The summed E-state index contributed by atoms with van der Waals surface area (Å²) in [7, 11) is 0. The van der Waals surface area contributed by atoms with Crippen LogP contribution in [-0.4, -0.2) is 28.4 Å². The minimum Gasteiger partial charge on any atom is -0.479 e. The molecule has 5 nitrogen and oxygen atoms in total. The third-order valence-electron chi connectivity index (χ3n) is 2.31. The van der Waals surface area contributed by atoms with Gasteiger partial charge in [-0.25, -0.2) is 13.6 Å². The number of hydrogen-bond donors (Lipinski definition) is 3. The summed E-state index contributed by atoms with van der Waals surface area (Å²) in [5.74, 6) is -2.01. The lowest BCUT2D eigenvalue weighted by atomic mass is 10.2. The normalized spacial score (nSPS) is 13.8. The Morgan fingerprint density at radius 3 is 2.45 bits per heavy atom. The number of nitrogens with two attached hydrogens (primary N) is 1. The van der Waals surface area contributed by atoms with Crippen molar-refractivity contribution in [1.82, 2.24) is 5.32 Å². The number of carboxylic acid groups (broad SMARTS) is 1. The number of halogens is 2. The third-order valence-corrected chi connectivity index (χ3v) is 3.49. The number of aliphatic carboxylic acids is 1. The molecule has 110 valence electrons. The van der Waals surface area contributed by atoms with E-state index in [0.717, 1.165) is 0 Å². The Morgan fingerprint density at radius 2 is 1.95 bits per heavy atom. The molecule has 0 fully saturated rings. The number of amides is 1. The topological polar surface area (TPSA) is 92.4 Å². The van der Waals surface area contributed by atoms with Gasteiger partial charge in [-0.2, -0.15) is 0 Å². The fourth-order valence-electron chi connectivity index (χ4n) is 1.30. The van der Waals surface area contributed by atoms with Gasteiger partial charge in [0.15, 0.2) is 5.37 Å². The van der Waals surface area contributed by atoms with Crippen molar-refractivity contribution >= 4 is 23.6 Å². The molecule has 0 saturated carbocycles. The van der Waals surface area contributed by atoms with Gasteiger partial charge < -0.3 is 16.2 Å². The first-order chi connectivity index (χ1) is 9.32. The number of thioether (sulfide) groups is 1. The van der Waals surface area contributed by atoms with Crippen LogP contribution in [0.1, 0.15) is 18.9 Å². The van der Waals surface area contributed by atoms with Gasteiger partial charge in [0, 0.05) is 10.5 Å². The van der Waals surface area contributed by atoms with E-state index in [9.17, 15) is 18.4 Å². The fraction of sp³-hybridized carbons (Fsp3) is 0.333. The molecule has 1 aromatic rings. The Balaban J connectivity index is 2.92. The van der Waals surface area contributed by atoms with Gasteiger partial charge in [0.1, 0.15) is 0 Å². The van der Waals surface area contributed by atoms with E-state index in [4.69, 9.17) is 10.8 Å². The third kappa shape index (κ3) is 4.46. The molecule has 0 unspecified atom stereocenters. The van der Waals surface area contributed by atoms with Crippen LogP contribution < -0.4 is 11.1 Å². The van der Waals surface area contributed by atoms with Crippen LogP contribution in [0.25, 0.3) is 0 Å². The van der Waals surface area contributed by atoms with Gasteiger partial charge in [-0.1, -0.05) is 30.0 Å². The number of carboxylic acids is 1. The van der Waals surface area contributed by atoms with Crippen molar-refractivity contribution in [2.24, 2.45) is 5.73 Å². The second-order valence-corrected chi connectivity index (χ2v) is 5.12. The van der Waals surface area contributed by atoms with E-state index >= 15 is 0 Å². The molecule has 4 N–H and O–H groups in total. The van der Waals surface area contributed by atoms with Crippen LogP contribution in [-0.2, 0) is 9.59 Å². The Hall–Kier alpha value is -1.67. The van der Waals surface area contributed by atoms with Crippen molar-refractivity contribution < 1.29 is 23.5 Å². The van der Waals surface area contributed by atoms with Crippen LogP contribution in [0.3, 0.4) is 0 Å². The van der Waals surface area contributed by atoms with Crippen molar-refractivity contribution in [1.29, 1.82) is 0 Å². The number of carbonyl (C=O) groups is 2. The molecule has 2 atom stereocenters. The Bertz CT molecular complexity index is 497. The molecule has 1 amide bonds. The van der Waals surface area contributed by atoms with E-state index in [1.165, 1.54) is 31.2 Å². The molecule has 0 aliphatic heterocycles. The Morgan fingerprint density at radius 1 is 1.35 bits per heavy atom. The van der Waals surface area contributed by atoms with Gasteiger partial charge in [-0.15, -0.1) is 0 Å². The number of benzene rings is 1. The maximum atomic E-state index is 12.8. The molecule has 20 heavy (non-hydrogen) atoms. The smallest absolute Gasteiger partial charge is 0.337 e. The molecule has 0 radical (unpaired) electrons. The molecular formula is C12H14F2N2O3S. The summed E-state index contributed by atoms with van der Waals surface area (Å²) in [6, 6.07) is 4.64. The molecule has 1 rings (SSSR count). The molecule has 0 bridgehead atoms. The maximum absolute atomic E-state index is 12.8. The highest BCUT2D eigenvalue weighted by Crippen LogP contribution is 2.32. The molecule has 0 saturated heterocycles. The molecule has 0 spiro atoms. The molecule has 0 aliphatic rings. The molecule has 0 aliphatic carbocycles. The van der Waals surface area contributed by atoms with Crippen molar-refractivity contribution in [3.05, 3.63) is 29.8 Å². The summed E-state index contributed by atoms with van der Waals surface area (Å²) in [5, 5.41) is 9.83. The van der Waals surface area contributed by atoms with E-state index in [1.54, 1.807) is 0 Å². The molecule has 1 aromatic carbocycles. The Labute approximate surface area is 118 Å². The van der Waals surface area contributed by atoms with E-state index in [0.29, 0.717) is 11.8 Å². The average molecular weight is 304 g/mol. The highest BCUT2D eigenvalue weighted by molar-refractivity contribution is 8.00. The first kappa shape index (κ1) is 16.4. The second kappa shape index (κ2) is 7.20. The van der Waals surface area contributed by atoms with Crippen LogP contribution in [0.5, 0.6) is 0 Å². The molecular weight excluding hydrogens is 290 g/mol. The van der Waals surface area contributed by atoms with Gasteiger partial charge in [0.05, 0.1) is 6.04 Å². The number of hydrogen-bond acceptors (Lipinski definition) is 4. The fourth-order valence-corrected chi connectivity index (χ4v) is 2.28. The van der Waals surface area contributed by atoms with Gasteiger partial charge in [0.25, 0.3) is 6.43 Å². The summed E-state index contributed by atoms with van der Waals surface area (Å²) >= 11 is 0.630. The van der Waals surface area contributed by atoms with Crippen LogP contribution >= 0.6 is 11.8 Å². The number of rotatable bonds is 6. The van der Waals surface area contributed by atoms with E-state index in [2.05, 4.69) is 5.32 Å². The number of alkyl halides is 2. The predicted octanol–water partition coefficient (Wildman–Crippen LogP) is 1.59. The zero-order valence-corrected chi connectivity index (χ0v) is 11.4. The van der Waals surface area contributed by atoms with Gasteiger partial charge in [-0.05, 0) is 13.0 Å². The summed E-state index contributed by atoms with van der Waals surface area (Å²) in [4.78, 5) is 22.6. The largest absolute Gasteiger partial charge is 0.479 e. The minimum atomic E-state index is -2.72. The summed E-state index contributed by atoms with van der Waals surface area (Å²) in [6.07, 6.45) is -2.72. The van der Waals surface area contributed by atoms with Crippen molar-refractivity contribution in [3.8, 4) is 0 Å². The monoisotopic (exact) mass is 304 g/mol. The SMILES string of the molecule is C[C@@H](N)C(=O)N[C@H](Sc1ccccc1C(F)F)C(=O)O. The van der Waals surface area contributed by atoms with Gasteiger partial charge >= 0.3 is 5.97 Å². The molecule has 0 aromatic heterocycles. The van der Waals surface area contributed by atoms with Crippen LogP contribution in [0.4, 0.5) is 8.78 Å². The summed E-state index contributed by atoms with van der Waals surface area (Å²) in [6.45, 7) is 1.39. The first-order valence-corrected chi connectivity index (χ1v) is 6.53. The maximum Gasteiger partial charge on any atom is 0.337 e. The number of carbonyl (C=O) groups excluding carboxylic acids is 1. The quantitative estimate of drug-likeness (QED) is 0.548. The zero-order chi connectivity index (χ0) is 15.3.